The zero-order valence-electron chi connectivity index (χ0n) is 14.0. The predicted octanol–water partition coefficient (Wildman–Crippen LogP) is 1.67. The zero-order chi connectivity index (χ0) is 16.4. The number of nitrogens with zero attached hydrogens (tertiary/aromatic N) is 6. The third-order valence-corrected chi connectivity index (χ3v) is 4.28. The van der Waals surface area contributed by atoms with E-state index in [9.17, 15) is 4.79 Å². The quantitative estimate of drug-likeness (QED) is 0.813. The van der Waals surface area contributed by atoms with Gasteiger partial charge in [-0.15, -0.1) is 10.2 Å². The molecule has 0 saturated carbocycles. The molecule has 0 aromatic carbocycles. The Bertz CT molecular complexity index is 660. The highest BCUT2D eigenvalue weighted by molar-refractivity contribution is 5.81. The summed E-state index contributed by atoms with van der Waals surface area (Å²) in [4.78, 5) is 14.6. The Morgan fingerprint density at radius 2 is 2.17 bits per heavy atom. The maximum atomic E-state index is 12.8. The first-order valence-corrected chi connectivity index (χ1v) is 8.29. The maximum Gasteiger partial charge on any atom is 0.246 e. The Morgan fingerprint density at radius 3 is 2.83 bits per heavy atom. The number of likely N-dealkylation sites (N-methyl/N-ethyl adjacent to an activating group) is 1. The molecule has 7 heteroatoms. The molecule has 7 nitrogen and oxygen atoms in total. The highest BCUT2D eigenvalue weighted by atomic mass is 16.2. The van der Waals surface area contributed by atoms with Crippen LogP contribution in [0.1, 0.15) is 44.9 Å². The molecule has 124 valence electrons. The van der Waals surface area contributed by atoms with Gasteiger partial charge in [-0.3, -0.25) is 9.48 Å². The first-order valence-electron chi connectivity index (χ1n) is 8.29. The molecule has 1 atom stereocenters. The molecule has 2 aromatic rings. The second-order valence-electron chi connectivity index (χ2n) is 6.42. The molecule has 1 aliphatic heterocycles. The number of carbonyl (C=O) groups excluding carboxylic acids is 1. The molecule has 0 unspecified atom stereocenters. The summed E-state index contributed by atoms with van der Waals surface area (Å²) in [6.45, 7) is 8.30. The predicted molar refractivity (Wildman–Crippen MR) is 85.5 cm³/mol. The van der Waals surface area contributed by atoms with E-state index in [0.29, 0.717) is 19.0 Å². The Labute approximate surface area is 136 Å². The van der Waals surface area contributed by atoms with Gasteiger partial charge in [0, 0.05) is 31.9 Å². The Kier molecular flexibility index (Phi) is 4.45. The van der Waals surface area contributed by atoms with Crippen molar-refractivity contribution in [3.63, 3.8) is 0 Å². The van der Waals surface area contributed by atoms with E-state index in [-0.39, 0.29) is 11.9 Å². The molecule has 23 heavy (non-hydrogen) atoms. The highest BCUT2D eigenvalue weighted by Crippen LogP contribution is 2.28. The van der Waals surface area contributed by atoms with Gasteiger partial charge in [-0.05, 0) is 25.3 Å². The summed E-state index contributed by atoms with van der Waals surface area (Å²) in [7, 11) is 0. The van der Waals surface area contributed by atoms with Gasteiger partial charge in [-0.25, -0.2) is 0 Å². The number of rotatable bonds is 6. The van der Waals surface area contributed by atoms with Crippen LogP contribution in [0, 0.1) is 5.92 Å². The van der Waals surface area contributed by atoms with Gasteiger partial charge < -0.3 is 9.47 Å². The summed E-state index contributed by atoms with van der Waals surface area (Å²) in [6.07, 6.45) is 5.24. The lowest BCUT2D eigenvalue weighted by Gasteiger charge is -2.34. The number of hydrogen-bond donors (Lipinski definition) is 0. The lowest BCUT2D eigenvalue weighted by Crippen LogP contribution is -2.43. The van der Waals surface area contributed by atoms with Crippen LogP contribution in [-0.4, -0.2) is 41.9 Å². The number of aryl methyl sites for hydroxylation is 2. The number of aromatic nitrogens is 5. The van der Waals surface area contributed by atoms with E-state index in [0.717, 1.165) is 31.0 Å². The molecule has 0 radical (unpaired) electrons. The summed E-state index contributed by atoms with van der Waals surface area (Å²) < 4.78 is 3.94. The average molecular weight is 316 g/mol. The third-order valence-electron chi connectivity index (χ3n) is 4.28. The van der Waals surface area contributed by atoms with Gasteiger partial charge in [-0.2, -0.15) is 5.10 Å². The summed E-state index contributed by atoms with van der Waals surface area (Å²) in [5, 5.41) is 12.9. The van der Waals surface area contributed by atoms with Gasteiger partial charge in [0.1, 0.15) is 11.9 Å². The monoisotopic (exact) mass is 316 g/mol. The Hall–Kier alpha value is -2.18. The SMILES string of the molecule is CCN1Cc2nnc(CCn3cccn3)n2[C@@H](CC(C)C)C1=O. The van der Waals surface area contributed by atoms with Crippen LogP contribution in [-0.2, 0) is 24.3 Å². The molecule has 0 bridgehead atoms. The van der Waals surface area contributed by atoms with Crippen molar-refractivity contribution >= 4 is 5.91 Å². The largest absolute Gasteiger partial charge is 0.334 e. The van der Waals surface area contributed by atoms with Crippen molar-refractivity contribution in [2.24, 2.45) is 5.92 Å². The molecule has 2 aromatic heterocycles. The molecule has 1 amide bonds. The number of amides is 1. The molecule has 0 aliphatic carbocycles. The van der Waals surface area contributed by atoms with Crippen LogP contribution in [0.2, 0.25) is 0 Å². The first-order chi connectivity index (χ1) is 11.1. The van der Waals surface area contributed by atoms with E-state index >= 15 is 0 Å². The number of fused-ring (bicyclic) bond motifs is 1. The molecule has 3 rings (SSSR count). The van der Waals surface area contributed by atoms with Crippen LogP contribution in [0.5, 0.6) is 0 Å². The molecule has 0 N–H and O–H groups in total. The minimum Gasteiger partial charge on any atom is -0.334 e. The second-order valence-corrected chi connectivity index (χ2v) is 6.42. The summed E-state index contributed by atoms with van der Waals surface area (Å²) >= 11 is 0. The van der Waals surface area contributed by atoms with E-state index in [1.165, 1.54) is 0 Å². The number of carbonyl (C=O) groups is 1. The highest BCUT2D eigenvalue weighted by Gasteiger charge is 2.35. The van der Waals surface area contributed by atoms with Gasteiger partial charge in [0.25, 0.3) is 0 Å². The fourth-order valence-electron chi connectivity index (χ4n) is 3.14. The molecule has 1 aliphatic rings. The topological polar surface area (TPSA) is 68.8 Å². The summed E-state index contributed by atoms with van der Waals surface area (Å²) in [6, 6.07) is 1.73. The van der Waals surface area contributed by atoms with Crippen molar-refractivity contribution in [1.82, 2.24) is 29.4 Å². The van der Waals surface area contributed by atoms with Crippen molar-refractivity contribution in [3.8, 4) is 0 Å². The minimum absolute atomic E-state index is 0.179. The van der Waals surface area contributed by atoms with Gasteiger partial charge in [0.15, 0.2) is 5.82 Å². The van der Waals surface area contributed by atoms with Crippen LogP contribution >= 0.6 is 0 Å². The van der Waals surface area contributed by atoms with E-state index < -0.39 is 0 Å². The van der Waals surface area contributed by atoms with Crippen LogP contribution in [0.3, 0.4) is 0 Å². The third kappa shape index (κ3) is 3.13. The van der Waals surface area contributed by atoms with Crippen LogP contribution in [0.4, 0.5) is 0 Å². The fraction of sp³-hybridized carbons (Fsp3) is 0.625. The molecule has 0 spiro atoms. The van der Waals surface area contributed by atoms with Crippen LogP contribution in [0.15, 0.2) is 18.5 Å². The molecular weight excluding hydrogens is 292 g/mol. The first kappa shape index (κ1) is 15.7. The van der Waals surface area contributed by atoms with E-state index in [1.807, 2.05) is 28.8 Å². The number of hydrogen-bond acceptors (Lipinski definition) is 4. The lowest BCUT2D eigenvalue weighted by molar-refractivity contribution is -0.137. The van der Waals surface area contributed by atoms with Crippen molar-refractivity contribution in [2.75, 3.05) is 6.54 Å². The van der Waals surface area contributed by atoms with Gasteiger partial charge in [-0.1, -0.05) is 13.8 Å². The zero-order valence-corrected chi connectivity index (χ0v) is 14.0. The van der Waals surface area contributed by atoms with E-state index in [1.54, 1.807) is 6.20 Å². The van der Waals surface area contributed by atoms with Crippen molar-refractivity contribution < 1.29 is 4.79 Å². The molecular formula is C16H24N6O. The van der Waals surface area contributed by atoms with E-state index in [4.69, 9.17) is 0 Å². The Balaban J connectivity index is 1.87. The summed E-state index contributed by atoms with van der Waals surface area (Å²) in [5.41, 5.74) is 0. The summed E-state index contributed by atoms with van der Waals surface area (Å²) in [5.74, 6) is 2.40. The van der Waals surface area contributed by atoms with Crippen LogP contribution in [0.25, 0.3) is 0 Å². The van der Waals surface area contributed by atoms with Crippen molar-refractivity contribution in [3.05, 3.63) is 30.1 Å². The van der Waals surface area contributed by atoms with Crippen molar-refractivity contribution in [2.45, 2.75) is 52.7 Å². The molecule has 0 fully saturated rings. The lowest BCUT2D eigenvalue weighted by atomic mass is 10.0. The minimum atomic E-state index is -0.179. The van der Waals surface area contributed by atoms with Crippen LogP contribution < -0.4 is 0 Å². The fourth-order valence-corrected chi connectivity index (χ4v) is 3.14. The smallest absolute Gasteiger partial charge is 0.246 e. The van der Waals surface area contributed by atoms with Gasteiger partial charge in [0.05, 0.1) is 6.54 Å². The maximum absolute atomic E-state index is 12.8. The Morgan fingerprint density at radius 1 is 1.35 bits per heavy atom. The van der Waals surface area contributed by atoms with Gasteiger partial charge >= 0.3 is 0 Å². The average Bonchev–Trinajstić information content (AvgIpc) is 3.16. The van der Waals surface area contributed by atoms with Gasteiger partial charge in [0.2, 0.25) is 5.91 Å². The van der Waals surface area contributed by atoms with E-state index in [2.05, 4.69) is 33.7 Å². The molecule has 3 heterocycles. The van der Waals surface area contributed by atoms with Crippen molar-refractivity contribution in [1.29, 1.82) is 0 Å². The standard InChI is InChI=1S/C16H24N6O/c1-4-20-11-15-19-18-14(6-9-21-8-5-7-17-21)22(15)13(16(20)23)10-12(2)3/h5,7-8,12-13H,4,6,9-11H2,1-3H3/t13-/m0/s1. The second kappa shape index (κ2) is 6.52. The molecule has 0 saturated heterocycles. The normalized spacial score (nSPS) is 17.8.